The van der Waals surface area contributed by atoms with Crippen molar-refractivity contribution in [2.45, 2.75) is 24.5 Å². The van der Waals surface area contributed by atoms with Crippen LogP contribution in [0, 0.1) is 0 Å². The van der Waals surface area contributed by atoms with Gasteiger partial charge in [0.15, 0.2) is 11.0 Å². The quantitative estimate of drug-likeness (QED) is 0.244. The maximum absolute atomic E-state index is 5.54. The average molecular weight is 446 g/mol. The van der Waals surface area contributed by atoms with Crippen molar-refractivity contribution in [1.82, 2.24) is 34.9 Å². The van der Waals surface area contributed by atoms with Gasteiger partial charge in [-0.1, -0.05) is 16.9 Å². The molecule has 0 fully saturated rings. The highest BCUT2D eigenvalue weighted by molar-refractivity contribution is 7.99. The predicted molar refractivity (Wildman–Crippen MR) is 118 cm³/mol. The topological polar surface area (TPSA) is 109 Å². The first-order valence-electron chi connectivity index (χ1n) is 10.1. The normalized spacial score (nSPS) is 11.1. The summed E-state index contributed by atoms with van der Waals surface area (Å²) in [6.07, 6.45) is 10.2. The lowest BCUT2D eigenvalue weighted by Crippen LogP contribution is -2.04. The molecule has 0 spiro atoms. The number of pyridine rings is 2. The average Bonchev–Trinajstić information content (AvgIpc) is 3.60. The summed E-state index contributed by atoms with van der Waals surface area (Å²) in [4.78, 5) is 12.7. The number of hydrogen-bond acceptors (Lipinski definition) is 9. The molecular weight excluding hydrogens is 426 g/mol. The van der Waals surface area contributed by atoms with Crippen LogP contribution in [-0.2, 0) is 13.0 Å². The third kappa shape index (κ3) is 4.59. The minimum atomic E-state index is 0.547. The number of aromatic nitrogens is 7. The summed E-state index contributed by atoms with van der Waals surface area (Å²) in [6, 6.07) is 11.4. The van der Waals surface area contributed by atoms with Crippen LogP contribution >= 0.6 is 11.8 Å². The molecule has 0 aliphatic carbocycles. The molecule has 0 unspecified atom stereocenters. The zero-order valence-corrected chi connectivity index (χ0v) is 17.9. The third-order valence-electron chi connectivity index (χ3n) is 4.70. The molecule has 9 nitrogen and oxygen atoms in total. The summed E-state index contributed by atoms with van der Waals surface area (Å²) in [5.74, 6) is 3.62. The van der Waals surface area contributed by atoms with Crippen LogP contribution in [0.4, 0.5) is 0 Å². The van der Waals surface area contributed by atoms with Gasteiger partial charge in [-0.2, -0.15) is 4.98 Å². The highest BCUT2D eigenvalue weighted by atomic mass is 32.2. The first-order valence-corrected chi connectivity index (χ1v) is 11.1. The summed E-state index contributed by atoms with van der Waals surface area (Å²) >= 11 is 1.64. The Morgan fingerprint density at radius 2 is 1.88 bits per heavy atom. The van der Waals surface area contributed by atoms with Gasteiger partial charge in [0.1, 0.15) is 5.76 Å². The van der Waals surface area contributed by atoms with Crippen molar-refractivity contribution in [3.05, 3.63) is 79.1 Å². The van der Waals surface area contributed by atoms with E-state index in [0.717, 1.165) is 40.0 Å². The van der Waals surface area contributed by atoms with E-state index in [0.29, 0.717) is 24.7 Å². The highest BCUT2D eigenvalue weighted by Gasteiger charge is 2.16. The van der Waals surface area contributed by atoms with Crippen LogP contribution in [0.5, 0.6) is 0 Å². The van der Waals surface area contributed by atoms with E-state index >= 15 is 0 Å². The lowest BCUT2D eigenvalue weighted by Gasteiger charge is -2.08. The van der Waals surface area contributed by atoms with Crippen LogP contribution in [0.2, 0.25) is 0 Å². The van der Waals surface area contributed by atoms with Crippen molar-refractivity contribution < 1.29 is 8.94 Å². The van der Waals surface area contributed by atoms with Gasteiger partial charge in [-0.05, 0) is 42.8 Å². The number of thioether (sulfide) groups is 1. The minimum absolute atomic E-state index is 0.547. The Morgan fingerprint density at radius 1 is 0.938 bits per heavy atom. The van der Waals surface area contributed by atoms with Gasteiger partial charge in [-0.25, -0.2) is 0 Å². The molecule has 0 aliphatic rings. The number of hydrogen-bond donors (Lipinski definition) is 0. The van der Waals surface area contributed by atoms with Crippen molar-refractivity contribution in [3.8, 4) is 22.8 Å². The summed E-state index contributed by atoms with van der Waals surface area (Å²) in [7, 11) is 0. The van der Waals surface area contributed by atoms with Crippen LogP contribution in [0.1, 0.15) is 18.1 Å². The van der Waals surface area contributed by atoms with E-state index in [1.165, 1.54) is 0 Å². The fraction of sp³-hybridized carbons (Fsp3) is 0.182. The van der Waals surface area contributed by atoms with Gasteiger partial charge in [0, 0.05) is 48.1 Å². The maximum atomic E-state index is 5.54. The molecule has 0 aromatic carbocycles. The molecule has 0 bridgehead atoms. The molecule has 160 valence electrons. The van der Waals surface area contributed by atoms with Crippen molar-refractivity contribution >= 4 is 11.8 Å². The minimum Gasteiger partial charge on any atom is -0.467 e. The molecule has 5 heterocycles. The smallest absolute Gasteiger partial charge is 0.226 e. The molecule has 0 amide bonds. The maximum Gasteiger partial charge on any atom is 0.226 e. The molecule has 5 aromatic rings. The zero-order valence-electron chi connectivity index (χ0n) is 17.0. The Kier molecular flexibility index (Phi) is 6.02. The Labute approximate surface area is 187 Å². The molecule has 0 atom stereocenters. The van der Waals surface area contributed by atoms with Gasteiger partial charge in [0.2, 0.25) is 11.7 Å². The molecule has 5 aromatic heterocycles. The van der Waals surface area contributed by atoms with Gasteiger partial charge in [-0.3, -0.25) is 14.5 Å². The predicted octanol–water partition coefficient (Wildman–Crippen LogP) is 4.15. The molecule has 0 saturated carbocycles. The van der Waals surface area contributed by atoms with Gasteiger partial charge >= 0.3 is 0 Å². The van der Waals surface area contributed by atoms with E-state index in [1.54, 1.807) is 42.8 Å². The van der Waals surface area contributed by atoms with E-state index in [-0.39, 0.29) is 0 Å². The van der Waals surface area contributed by atoms with Crippen LogP contribution in [0.3, 0.4) is 0 Å². The number of nitrogens with zero attached hydrogens (tertiary/aromatic N) is 7. The van der Waals surface area contributed by atoms with Crippen LogP contribution in [-0.4, -0.2) is 40.6 Å². The molecule has 10 heteroatoms. The lowest BCUT2D eigenvalue weighted by atomic mass is 10.2. The van der Waals surface area contributed by atoms with Gasteiger partial charge in [0.05, 0.1) is 12.8 Å². The summed E-state index contributed by atoms with van der Waals surface area (Å²) in [5, 5.41) is 13.7. The van der Waals surface area contributed by atoms with E-state index < -0.39 is 0 Å². The monoisotopic (exact) mass is 445 g/mol. The molecule has 0 N–H and O–H groups in total. The van der Waals surface area contributed by atoms with Crippen LogP contribution in [0.15, 0.2) is 81.5 Å². The van der Waals surface area contributed by atoms with E-state index in [9.17, 15) is 0 Å². The number of rotatable bonds is 9. The van der Waals surface area contributed by atoms with Gasteiger partial charge < -0.3 is 8.94 Å². The fourth-order valence-corrected chi connectivity index (χ4v) is 4.04. The zero-order chi connectivity index (χ0) is 21.6. The van der Waals surface area contributed by atoms with Crippen molar-refractivity contribution in [1.29, 1.82) is 0 Å². The summed E-state index contributed by atoms with van der Waals surface area (Å²) in [6.45, 7) is 0.547. The van der Waals surface area contributed by atoms with Gasteiger partial charge in [0.25, 0.3) is 0 Å². The second-order valence-corrected chi connectivity index (χ2v) is 7.98. The third-order valence-corrected chi connectivity index (χ3v) is 5.76. The lowest BCUT2D eigenvalue weighted by molar-refractivity contribution is 0.378. The van der Waals surface area contributed by atoms with Crippen molar-refractivity contribution in [2.24, 2.45) is 0 Å². The second kappa shape index (κ2) is 9.56. The first kappa shape index (κ1) is 20.1. The largest absolute Gasteiger partial charge is 0.467 e. The molecule has 32 heavy (non-hydrogen) atoms. The van der Waals surface area contributed by atoms with E-state index in [4.69, 9.17) is 8.94 Å². The van der Waals surface area contributed by atoms with Gasteiger partial charge in [-0.15, -0.1) is 10.2 Å². The van der Waals surface area contributed by atoms with Crippen LogP contribution in [0.25, 0.3) is 22.8 Å². The summed E-state index contributed by atoms with van der Waals surface area (Å²) < 4.78 is 13.0. The Balaban J connectivity index is 1.24. The van der Waals surface area contributed by atoms with E-state index in [2.05, 4.69) is 34.9 Å². The standard InChI is InChI=1S/C22H19N7O2S/c1-4-17(14-24-9-1)21-26-27-22(29(21)15-18-5-2-12-30-18)32-13-3-6-19-25-20(28-31-19)16-7-10-23-11-8-16/h1-2,4-5,7-12,14H,3,6,13,15H2. The second-order valence-electron chi connectivity index (χ2n) is 6.91. The highest BCUT2D eigenvalue weighted by Crippen LogP contribution is 2.25. The first-order chi connectivity index (χ1) is 15.9. The fourth-order valence-electron chi connectivity index (χ4n) is 3.17. The van der Waals surface area contributed by atoms with E-state index in [1.807, 2.05) is 36.4 Å². The Morgan fingerprint density at radius 3 is 2.69 bits per heavy atom. The molecule has 0 saturated heterocycles. The Bertz CT molecular complexity index is 1250. The molecule has 0 aliphatic heterocycles. The Hall–Kier alpha value is -3.79. The van der Waals surface area contributed by atoms with Crippen molar-refractivity contribution in [3.63, 3.8) is 0 Å². The number of furan rings is 1. The molecular formula is C22H19N7O2S. The molecule has 0 radical (unpaired) electrons. The van der Waals surface area contributed by atoms with Crippen LogP contribution < -0.4 is 0 Å². The molecule has 5 rings (SSSR count). The SMILES string of the molecule is c1cncc(-c2nnc(SCCCc3nc(-c4ccncc4)no3)n2Cc2ccco2)c1. The van der Waals surface area contributed by atoms with Crippen molar-refractivity contribution in [2.75, 3.05) is 5.75 Å². The number of aryl methyl sites for hydroxylation is 1. The summed E-state index contributed by atoms with van der Waals surface area (Å²) in [5.41, 5.74) is 1.80.